The van der Waals surface area contributed by atoms with Gasteiger partial charge in [0.25, 0.3) is 0 Å². The summed E-state index contributed by atoms with van der Waals surface area (Å²) >= 11 is 5.04. The van der Waals surface area contributed by atoms with E-state index in [9.17, 15) is 5.11 Å². The Hall–Kier alpha value is -2.15. The van der Waals surface area contributed by atoms with Crippen LogP contribution in [0.5, 0.6) is 5.88 Å². The van der Waals surface area contributed by atoms with Crippen LogP contribution >= 0.6 is 12.2 Å². The molecule has 6 nitrogen and oxygen atoms in total. The number of aromatic nitrogens is 1. The van der Waals surface area contributed by atoms with Crippen molar-refractivity contribution in [2.24, 2.45) is 10.2 Å². The molecule has 0 aliphatic heterocycles. The van der Waals surface area contributed by atoms with Crippen molar-refractivity contribution in [1.29, 1.82) is 0 Å². The second kappa shape index (κ2) is 5.23. The second-order valence-corrected chi connectivity index (χ2v) is 4.49. The molecule has 0 radical (unpaired) electrons. The molecule has 100 valence electrons. The van der Waals surface area contributed by atoms with Crippen molar-refractivity contribution in [2.45, 2.75) is 0 Å². The van der Waals surface area contributed by atoms with Gasteiger partial charge in [0.2, 0.25) is 11.0 Å². The smallest absolute Gasteiger partial charge is 0.239 e. The first-order valence-corrected chi connectivity index (χ1v) is 6.10. The molecule has 0 saturated carbocycles. The molecule has 2 rings (SSSR count). The number of rotatable bonds is 2. The predicted molar refractivity (Wildman–Crippen MR) is 79.7 cm³/mol. The molecule has 0 atom stereocenters. The maximum absolute atomic E-state index is 10.2. The average molecular weight is 277 g/mol. The quantitative estimate of drug-likeness (QED) is 0.653. The number of nitrogens with zero attached hydrogens (tertiary/aromatic N) is 4. The van der Waals surface area contributed by atoms with Gasteiger partial charge >= 0.3 is 0 Å². The van der Waals surface area contributed by atoms with Gasteiger partial charge in [0.05, 0.1) is 5.52 Å². The van der Waals surface area contributed by atoms with E-state index in [0.717, 1.165) is 10.9 Å². The topological polar surface area (TPSA) is 65.1 Å². The summed E-state index contributed by atoms with van der Waals surface area (Å²) in [5, 5.41) is 19.3. The maximum atomic E-state index is 10.2. The molecule has 0 amide bonds. The molecular weight excluding hydrogens is 262 g/mol. The monoisotopic (exact) mass is 277 g/mol. The van der Waals surface area contributed by atoms with E-state index < -0.39 is 0 Å². The Bertz CT molecular complexity index is 647. The minimum absolute atomic E-state index is 0.00834. The standard InChI is InChI=1S/C12H15N5OS/c1-13-17-9-7-5-4-6-8(9)10(11(17)18)14-15-12(19)16(2)3/h4-7,13,18H,1-3H3. The van der Waals surface area contributed by atoms with Gasteiger partial charge in [-0.15, -0.1) is 10.2 Å². The number of thiocarbonyl (C=S) groups is 1. The zero-order valence-corrected chi connectivity index (χ0v) is 11.8. The van der Waals surface area contributed by atoms with Gasteiger partial charge in [0.15, 0.2) is 5.69 Å². The molecule has 0 unspecified atom stereocenters. The molecule has 0 aliphatic rings. The summed E-state index contributed by atoms with van der Waals surface area (Å²) in [6.07, 6.45) is 0. The van der Waals surface area contributed by atoms with E-state index in [0.29, 0.717) is 10.8 Å². The van der Waals surface area contributed by atoms with Crippen molar-refractivity contribution in [3.05, 3.63) is 24.3 Å². The third kappa shape index (κ3) is 2.37. The molecule has 0 aliphatic carbocycles. The van der Waals surface area contributed by atoms with Gasteiger partial charge in [-0.2, -0.15) is 0 Å². The van der Waals surface area contributed by atoms with Gasteiger partial charge in [0, 0.05) is 26.5 Å². The summed E-state index contributed by atoms with van der Waals surface area (Å²) in [5.74, 6) is 0.00834. The minimum Gasteiger partial charge on any atom is -0.492 e. The number of hydrogen-bond acceptors (Lipinski definition) is 4. The fraction of sp³-hybridized carbons (Fsp3) is 0.250. The molecule has 1 aromatic carbocycles. The average Bonchev–Trinajstić information content (AvgIpc) is 2.67. The van der Waals surface area contributed by atoms with Crippen LogP contribution in [0.15, 0.2) is 34.5 Å². The van der Waals surface area contributed by atoms with Crippen LogP contribution in [0.3, 0.4) is 0 Å². The number of nitrogens with one attached hydrogen (secondary N) is 1. The van der Waals surface area contributed by atoms with Crippen LogP contribution in [0.1, 0.15) is 0 Å². The van der Waals surface area contributed by atoms with E-state index >= 15 is 0 Å². The van der Waals surface area contributed by atoms with Crippen molar-refractivity contribution in [3.8, 4) is 5.88 Å². The lowest BCUT2D eigenvalue weighted by Gasteiger charge is -2.06. The van der Waals surface area contributed by atoms with Crippen LogP contribution in [0, 0.1) is 0 Å². The van der Waals surface area contributed by atoms with Crippen molar-refractivity contribution < 1.29 is 5.11 Å². The number of fused-ring (bicyclic) bond motifs is 1. The molecule has 0 saturated heterocycles. The SMILES string of the molecule is CNn1c(O)c(N=NC(=S)N(C)C)c2ccccc21. The Morgan fingerprint density at radius 3 is 2.68 bits per heavy atom. The number of hydrogen-bond donors (Lipinski definition) is 2. The lowest BCUT2D eigenvalue weighted by Crippen LogP contribution is -2.16. The van der Waals surface area contributed by atoms with Gasteiger partial charge in [-0.25, -0.2) is 4.68 Å². The van der Waals surface area contributed by atoms with Gasteiger partial charge < -0.3 is 15.4 Å². The minimum atomic E-state index is 0.00834. The van der Waals surface area contributed by atoms with Crippen LogP contribution in [-0.2, 0) is 0 Å². The number of benzene rings is 1. The largest absolute Gasteiger partial charge is 0.492 e. The van der Waals surface area contributed by atoms with Crippen LogP contribution in [0.2, 0.25) is 0 Å². The molecule has 19 heavy (non-hydrogen) atoms. The third-order valence-electron chi connectivity index (χ3n) is 2.67. The molecular formula is C12H15N5OS. The van der Waals surface area contributed by atoms with E-state index in [4.69, 9.17) is 12.2 Å². The van der Waals surface area contributed by atoms with Crippen molar-refractivity contribution in [2.75, 3.05) is 26.6 Å². The summed E-state index contributed by atoms with van der Waals surface area (Å²) in [5.41, 5.74) is 4.11. The first-order valence-electron chi connectivity index (χ1n) is 5.69. The van der Waals surface area contributed by atoms with Crippen molar-refractivity contribution >= 4 is 33.9 Å². The molecule has 1 heterocycles. The van der Waals surface area contributed by atoms with Crippen LogP contribution in [0.4, 0.5) is 5.69 Å². The maximum Gasteiger partial charge on any atom is 0.239 e. The Balaban J connectivity index is 2.54. The van der Waals surface area contributed by atoms with Gasteiger partial charge in [-0.1, -0.05) is 18.2 Å². The Kier molecular flexibility index (Phi) is 3.66. The summed E-state index contributed by atoms with van der Waals surface area (Å²) in [4.78, 5) is 1.67. The normalized spacial score (nSPS) is 11.1. The lowest BCUT2D eigenvalue weighted by molar-refractivity contribution is 0.439. The summed E-state index contributed by atoms with van der Waals surface area (Å²) in [7, 11) is 5.30. The van der Waals surface area contributed by atoms with Crippen LogP contribution < -0.4 is 5.43 Å². The first-order chi connectivity index (χ1) is 9.06. The Labute approximate surface area is 116 Å². The zero-order chi connectivity index (χ0) is 14.0. The molecule has 0 fully saturated rings. The highest BCUT2D eigenvalue weighted by atomic mass is 32.1. The molecule has 2 N–H and O–H groups in total. The van der Waals surface area contributed by atoms with Crippen molar-refractivity contribution in [3.63, 3.8) is 0 Å². The molecule has 7 heteroatoms. The van der Waals surface area contributed by atoms with Gasteiger partial charge in [-0.05, 0) is 18.3 Å². The first kappa shape index (κ1) is 13.3. The molecule has 2 aromatic rings. The summed E-state index contributed by atoms with van der Waals surface area (Å²) < 4.78 is 1.54. The van der Waals surface area contributed by atoms with E-state index in [1.807, 2.05) is 24.3 Å². The summed E-state index contributed by atoms with van der Waals surface area (Å²) in [6, 6.07) is 7.52. The second-order valence-electron chi connectivity index (χ2n) is 4.13. The van der Waals surface area contributed by atoms with Gasteiger partial charge in [-0.3, -0.25) is 0 Å². The molecule has 0 bridgehead atoms. The van der Waals surface area contributed by atoms with Gasteiger partial charge in [0.1, 0.15) is 0 Å². The van der Waals surface area contributed by atoms with E-state index in [1.54, 1.807) is 30.7 Å². The van der Waals surface area contributed by atoms with E-state index in [1.165, 1.54) is 0 Å². The molecule has 1 aromatic heterocycles. The fourth-order valence-electron chi connectivity index (χ4n) is 1.72. The highest BCUT2D eigenvalue weighted by Gasteiger charge is 2.15. The van der Waals surface area contributed by atoms with E-state index in [-0.39, 0.29) is 5.88 Å². The zero-order valence-electron chi connectivity index (χ0n) is 11.0. The Morgan fingerprint density at radius 1 is 1.37 bits per heavy atom. The van der Waals surface area contributed by atoms with Crippen LogP contribution in [-0.4, -0.2) is 40.9 Å². The molecule has 0 spiro atoms. The lowest BCUT2D eigenvalue weighted by atomic mass is 10.2. The summed E-state index contributed by atoms with van der Waals surface area (Å²) in [6.45, 7) is 0. The Morgan fingerprint density at radius 2 is 2.05 bits per heavy atom. The highest BCUT2D eigenvalue weighted by molar-refractivity contribution is 7.80. The fourth-order valence-corrected chi connectivity index (χ4v) is 1.76. The number of aromatic hydroxyl groups is 1. The number of azo groups is 1. The highest BCUT2D eigenvalue weighted by Crippen LogP contribution is 2.37. The van der Waals surface area contributed by atoms with E-state index in [2.05, 4.69) is 15.7 Å². The number of para-hydroxylation sites is 1. The third-order valence-corrected chi connectivity index (χ3v) is 3.11. The predicted octanol–water partition coefficient (Wildman–Crippen LogP) is 2.45. The van der Waals surface area contributed by atoms with Crippen LogP contribution in [0.25, 0.3) is 10.9 Å². The van der Waals surface area contributed by atoms with Crippen molar-refractivity contribution in [1.82, 2.24) is 9.58 Å².